The summed E-state index contributed by atoms with van der Waals surface area (Å²) in [7, 11) is -1.55. The largest absolute Gasteiger partial charge is 0.462 e. The maximum Gasteiger partial charge on any atom is 0.462 e. The monoisotopic (exact) mass is 199 g/mol. The quantitative estimate of drug-likeness (QED) is 0.353. The van der Waals surface area contributed by atoms with Crippen molar-refractivity contribution in [2.24, 2.45) is 0 Å². The summed E-state index contributed by atoms with van der Waals surface area (Å²) in [4.78, 5) is 15.6. The Bertz CT molecular complexity index is 327. The number of aromatic amines is 1. The zero-order chi connectivity index (χ0) is 10.7. The van der Waals surface area contributed by atoms with Gasteiger partial charge >= 0.3 is 13.1 Å². The van der Waals surface area contributed by atoms with E-state index in [2.05, 4.69) is 9.97 Å². The van der Waals surface area contributed by atoms with Crippen molar-refractivity contribution < 1.29 is 15.0 Å². The van der Waals surface area contributed by atoms with E-state index in [1.54, 1.807) is 6.92 Å². The van der Waals surface area contributed by atoms with Crippen LogP contribution in [0, 0.1) is 10.1 Å². The molecule has 0 aliphatic carbocycles. The van der Waals surface area contributed by atoms with Gasteiger partial charge in [0.05, 0.1) is 5.82 Å². The number of nitrogens with zero attached hydrogens (tertiary/aromatic N) is 2. The topological polar surface area (TPSA) is 112 Å². The van der Waals surface area contributed by atoms with E-state index in [1.165, 1.54) is 6.20 Å². The third-order valence-corrected chi connectivity index (χ3v) is 1.94. The molecule has 0 aliphatic heterocycles. The Kier molecular flexibility index (Phi) is 3.21. The fraction of sp³-hybridized carbons (Fsp3) is 0.500. The van der Waals surface area contributed by atoms with Gasteiger partial charge in [-0.2, -0.15) is 0 Å². The molecule has 0 amide bonds. The zero-order valence-electron chi connectivity index (χ0n) is 7.54. The van der Waals surface area contributed by atoms with Crippen LogP contribution in [0.3, 0.4) is 0 Å². The van der Waals surface area contributed by atoms with Gasteiger partial charge in [0.25, 0.3) is 0 Å². The molecule has 1 aromatic heterocycles. The van der Waals surface area contributed by atoms with Crippen LogP contribution in [0.1, 0.15) is 24.9 Å². The van der Waals surface area contributed by atoms with E-state index in [-0.39, 0.29) is 11.6 Å². The van der Waals surface area contributed by atoms with Crippen molar-refractivity contribution in [1.29, 1.82) is 0 Å². The molecule has 0 aromatic carbocycles. The van der Waals surface area contributed by atoms with E-state index in [0.29, 0.717) is 6.42 Å². The van der Waals surface area contributed by atoms with E-state index in [1.807, 2.05) is 0 Å². The Morgan fingerprint density at radius 1 is 1.79 bits per heavy atom. The van der Waals surface area contributed by atoms with Gasteiger partial charge in [0.1, 0.15) is 6.20 Å². The van der Waals surface area contributed by atoms with Crippen LogP contribution >= 0.6 is 0 Å². The van der Waals surface area contributed by atoms with E-state index >= 15 is 0 Å². The van der Waals surface area contributed by atoms with Crippen LogP contribution in [0.25, 0.3) is 0 Å². The average Bonchev–Trinajstić information content (AvgIpc) is 2.53. The number of hydrogen-bond acceptors (Lipinski definition) is 5. The lowest BCUT2D eigenvalue weighted by Crippen LogP contribution is -2.23. The lowest BCUT2D eigenvalue weighted by molar-refractivity contribution is -0.393. The normalized spacial score (nSPS) is 12.5. The molecule has 1 heterocycles. The van der Waals surface area contributed by atoms with E-state index < -0.39 is 17.9 Å². The van der Waals surface area contributed by atoms with Crippen molar-refractivity contribution in [3.8, 4) is 0 Å². The number of rotatable bonds is 4. The fourth-order valence-electron chi connectivity index (χ4n) is 1.18. The highest BCUT2D eigenvalue weighted by Gasteiger charge is 2.29. The SMILES string of the molecule is CCC(B(O)O)c1c[nH]c([N+](=O)[O-])n1. The summed E-state index contributed by atoms with van der Waals surface area (Å²) < 4.78 is 0. The van der Waals surface area contributed by atoms with Crippen LogP contribution in [0.5, 0.6) is 0 Å². The lowest BCUT2D eigenvalue weighted by atomic mass is 9.69. The van der Waals surface area contributed by atoms with Gasteiger partial charge in [-0.1, -0.05) is 11.9 Å². The molecule has 0 bridgehead atoms. The molecule has 0 saturated heterocycles. The molecule has 1 aromatic rings. The maximum atomic E-state index is 10.3. The van der Waals surface area contributed by atoms with Crippen molar-refractivity contribution >= 4 is 13.1 Å². The van der Waals surface area contributed by atoms with E-state index in [4.69, 9.17) is 10.0 Å². The number of nitrogens with one attached hydrogen (secondary N) is 1. The summed E-state index contributed by atoms with van der Waals surface area (Å²) in [5.74, 6) is -0.987. The van der Waals surface area contributed by atoms with Crippen molar-refractivity contribution in [2.45, 2.75) is 19.2 Å². The molecule has 1 rings (SSSR count). The first kappa shape index (κ1) is 10.7. The third kappa shape index (κ3) is 2.09. The average molecular weight is 199 g/mol. The minimum absolute atomic E-state index is 0.286. The number of nitro groups is 1. The summed E-state index contributed by atoms with van der Waals surface area (Å²) in [5, 5.41) is 28.2. The summed E-state index contributed by atoms with van der Waals surface area (Å²) in [5.41, 5.74) is 0.286. The number of aromatic nitrogens is 2. The second kappa shape index (κ2) is 4.20. The predicted octanol–water partition coefficient (Wildman–Crippen LogP) is -0.177. The Balaban J connectivity index is 2.89. The molecule has 1 atom stereocenters. The molecule has 0 aliphatic rings. The van der Waals surface area contributed by atoms with Gasteiger partial charge in [0.15, 0.2) is 5.69 Å². The number of imidazole rings is 1. The molecule has 0 spiro atoms. The molecule has 14 heavy (non-hydrogen) atoms. The van der Waals surface area contributed by atoms with Crippen molar-refractivity contribution in [3.05, 3.63) is 22.0 Å². The molecule has 0 saturated carbocycles. The second-order valence-corrected chi connectivity index (χ2v) is 2.83. The highest BCUT2D eigenvalue weighted by molar-refractivity contribution is 6.43. The molecule has 1 unspecified atom stereocenters. The molecule has 3 N–H and O–H groups in total. The fourth-order valence-corrected chi connectivity index (χ4v) is 1.18. The molecule has 0 radical (unpaired) electrons. The van der Waals surface area contributed by atoms with Crippen LogP contribution in [0.2, 0.25) is 0 Å². The molecular weight excluding hydrogens is 189 g/mol. The van der Waals surface area contributed by atoms with Gasteiger partial charge in [0.2, 0.25) is 0 Å². The highest BCUT2D eigenvalue weighted by atomic mass is 16.6. The second-order valence-electron chi connectivity index (χ2n) is 2.83. The van der Waals surface area contributed by atoms with Crippen LogP contribution in [0.4, 0.5) is 5.95 Å². The minimum Gasteiger partial charge on any atom is -0.427 e. The van der Waals surface area contributed by atoms with E-state index in [0.717, 1.165) is 0 Å². The summed E-state index contributed by atoms with van der Waals surface area (Å²) in [6, 6.07) is 0. The highest BCUT2D eigenvalue weighted by Crippen LogP contribution is 2.20. The Morgan fingerprint density at radius 2 is 2.43 bits per heavy atom. The van der Waals surface area contributed by atoms with Crippen molar-refractivity contribution in [3.63, 3.8) is 0 Å². The van der Waals surface area contributed by atoms with Gasteiger partial charge in [-0.25, -0.2) is 4.98 Å². The van der Waals surface area contributed by atoms with Crippen molar-refractivity contribution in [2.75, 3.05) is 0 Å². The first-order chi connectivity index (χ1) is 6.56. The van der Waals surface area contributed by atoms with Crippen LogP contribution in [-0.4, -0.2) is 32.1 Å². The lowest BCUT2D eigenvalue weighted by Gasteiger charge is -2.06. The van der Waals surface area contributed by atoms with Gasteiger partial charge in [0, 0.05) is 0 Å². The summed E-state index contributed by atoms with van der Waals surface area (Å²) in [6.07, 6.45) is 1.76. The van der Waals surface area contributed by atoms with Crippen LogP contribution in [-0.2, 0) is 0 Å². The zero-order valence-corrected chi connectivity index (χ0v) is 7.54. The third-order valence-electron chi connectivity index (χ3n) is 1.94. The first-order valence-corrected chi connectivity index (χ1v) is 4.12. The van der Waals surface area contributed by atoms with Gasteiger partial charge in [-0.15, -0.1) is 0 Å². The summed E-state index contributed by atoms with van der Waals surface area (Å²) in [6.45, 7) is 1.74. The molecule has 76 valence electrons. The molecule has 0 fully saturated rings. The Labute approximate surface area is 80.1 Å². The minimum atomic E-state index is -1.55. The van der Waals surface area contributed by atoms with E-state index in [9.17, 15) is 10.1 Å². The smallest absolute Gasteiger partial charge is 0.427 e. The standard InChI is InChI=1S/C6H10BN3O4/c1-2-4(7(11)12)5-3-8-6(9-5)10(13)14/h3-4,11-12H,2H2,1H3,(H,8,9). The maximum absolute atomic E-state index is 10.3. The molecular formula is C6H10BN3O4. The predicted molar refractivity (Wildman–Crippen MR) is 48.5 cm³/mol. The van der Waals surface area contributed by atoms with Gasteiger partial charge in [-0.3, -0.25) is 0 Å². The summed E-state index contributed by atoms with van der Waals surface area (Å²) >= 11 is 0. The first-order valence-electron chi connectivity index (χ1n) is 4.12. The Hall–Kier alpha value is -1.41. The number of H-pyrrole nitrogens is 1. The molecule has 7 nitrogen and oxygen atoms in total. The molecule has 8 heteroatoms. The van der Waals surface area contributed by atoms with Crippen LogP contribution in [0.15, 0.2) is 6.20 Å². The number of hydrogen-bond donors (Lipinski definition) is 3. The van der Waals surface area contributed by atoms with Crippen molar-refractivity contribution in [1.82, 2.24) is 9.97 Å². The van der Waals surface area contributed by atoms with Gasteiger partial charge in [-0.05, 0) is 11.3 Å². The van der Waals surface area contributed by atoms with Gasteiger partial charge < -0.3 is 20.2 Å². The Morgan fingerprint density at radius 3 is 2.79 bits per heavy atom. The van der Waals surface area contributed by atoms with Crippen LogP contribution < -0.4 is 0 Å².